The first kappa shape index (κ1) is 24.7. The van der Waals surface area contributed by atoms with Crippen LogP contribution in [0.3, 0.4) is 0 Å². The average molecular weight is 463 g/mol. The zero-order chi connectivity index (χ0) is 23.7. The molecule has 32 heavy (non-hydrogen) atoms. The van der Waals surface area contributed by atoms with Crippen LogP contribution in [0.2, 0.25) is 0 Å². The van der Waals surface area contributed by atoms with E-state index in [1.54, 1.807) is 27.7 Å². The Morgan fingerprint density at radius 1 is 0.531 bits per heavy atom. The number of hydrogen-bond donors (Lipinski definition) is 2. The van der Waals surface area contributed by atoms with Crippen LogP contribution in [0.15, 0.2) is 0 Å². The van der Waals surface area contributed by atoms with Crippen LogP contribution in [0, 0.1) is 0 Å². The summed E-state index contributed by atoms with van der Waals surface area (Å²) in [6, 6.07) is 0. The number of aliphatic hydroxyl groups is 2. The molecule has 4 rings (SSSR count). The van der Waals surface area contributed by atoms with Crippen molar-refractivity contribution in [2.24, 2.45) is 0 Å². The normalized spacial score (nSPS) is 44.1. The lowest BCUT2D eigenvalue weighted by atomic mass is 9.93. The molecule has 10 nitrogen and oxygen atoms in total. The van der Waals surface area contributed by atoms with Crippen LogP contribution in [0.5, 0.6) is 0 Å². The molecule has 0 aromatic heterocycles. The van der Waals surface area contributed by atoms with Crippen LogP contribution >= 0.6 is 0 Å². The maximum Gasteiger partial charge on any atom is 0.164 e. The van der Waals surface area contributed by atoms with Crippen molar-refractivity contribution in [2.75, 3.05) is 13.2 Å². The quantitative estimate of drug-likeness (QED) is 0.614. The summed E-state index contributed by atoms with van der Waals surface area (Å²) >= 11 is 0. The summed E-state index contributed by atoms with van der Waals surface area (Å²) in [5, 5.41) is 22.5. The topological polar surface area (TPSA) is 114 Å². The predicted octanol–water partition coefficient (Wildman–Crippen LogP) is 1.05. The third-order valence-corrected chi connectivity index (χ3v) is 6.14. The molecule has 0 spiro atoms. The van der Waals surface area contributed by atoms with Gasteiger partial charge in [-0.2, -0.15) is 0 Å². The van der Waals surface area contributed by atoms with Crippen molar-refractivity contribution in [2.45, 2.75) is 127 Å². The van der Waals surface area contributed by atoms with Crippen molar-refractivity contribution in [3.63, 3.8) is 0 Å². The molecule has 8 atom stereocenters. The van der Waals surface area contributed by atoms with Crippen molar-refractivity contribution >= 4 is 0 Å². The standard InChI is InChI=1S/C22H38O10/c1-19(2)25-9-11(27-19)15-17(31-21(5,6)29-15)13(23)14(24)18-16(30-22(7,8)32-18)12-10-26-20(3,4)28-12/h11-18,23-24H,9-10H2,1-8H3/t11-,12-,13-,14-,15-,16-,17-,18-/m1/s1. The first-order valence-electron chi connectivity index (χ1n) is 11.3. The maximum atomic E-state index is 11.2. The Hall–Kier alpha value is -0.400. The maximum absolute atomic E-state index is 11.2. The minimum atomic E-state index is -1.34. The molecule has 0 aromatic rings. The van der Waals surface area contributed by atoms with Gasteiger partial charge in [-0.1, -0.05) is 0 Å². The van der Waals surface area contributed by atoms with Crippen molar-refractivity contribution in [1.29, 1.82) is 0 Å². The number of rotatable bonds is 5. The van der Waals surface area contributed by atoms with E-state index >= 15 is 0 Å². The molecule has 0 radical (unpaired) electrons. The Kier molecular flexibility index (Phi) is 6.24. The summed E-state index contributed by atoms with van der Waals surface area (Å²) in [5.74, 6) is -3.47. The third kappa shape index (κ3) is 5.00. The molecule has 0 aromatic carbocycles. The van der Waals surface area contributed by atoms with Crippen LogP contribution in [0.4, 0.5) is 0 Å². The van der Waals surface area contributed by atoms with E-state index in [-0.39, 0.29) is 13.2 Å². The highest BCUT2D eigenvalue weighted by molar-refractivity contribution is 5.01. The van der Waals surface area contributed by atoms with Gasteiger partial charge < -0.3 is 48.1 Å². The molecule has 10 heteroatoms. The second kappa shape index (κ2) is 8.08. The highest BCUT2D eigenvalue weighted by Gasteiger charge is 2.58. The Balaban J connectivity index is 1.52. The fourth-order valence-corrected chi connectivity index (χ4v) is 4.88. The summed E-state index contributed by atoms with van der Waals surface area (Å²) < 4.78 is 47.4. The van der Waals surface area contributed by atoms with E-state index < -0.39 is 72.0 Å². The van der Waals surface area contributed by atoms with Crippen molar-refractivity contribution in [3.05, 3.63) is 0 Å². The van der Waals surface area contributed by atoms with Crippen molar-refractivity contribution < 1.29 is 48.1 Å². The highest BCUT2D eigenvalue weighted by atomic mass is 16.8. The van der Waals surface area contributed by atoms with E-state index in [1.165, 1.54) is 0 Å². The molecular weight excluding hydrogens is 424 g/mol. The van der Waals surface area contributed by atoms with Crippen molar-refractivity contribution in [3.8, 4) is 0 Å². The lowest BCUT2D eigenvalue weighted by molar-refractivity contribution is -0.184. The molecule has 2 N–H and O–H groups in total. The minimum Gasteiger partial charge on any atom is -0.387 e. The van der Waals surface area contributed by atoms with E-state index in [9.17, 15) is 10.2 Å². The van der Waals surface area contributed by atoms with Crippen LogP contribution < -0.4 is 0 Å². The van der Waals surface area contributed by atoms with E-state index in [0.717, 1.165) is 0 Å². The van der Waals surface area contributed by atoms with Gasteiger partial charge in [0.25, 0.3) is 0 Å². The van der Waals surface area contributed by atoms with Gasteiger partial charge in [0.15, 0.2) is 23.1 Å². The van der Waals surface area contributed by atoms with Crippen LogP contribution in [-0.4, -0.2) is 95.4 Å². The molecule has 0 bridgehead atoms. The molecular formula is C22H38O10. The molecule has 4 fully saturated rings. The van der Waals surface area contributed by atoms with Crippen LogP contribution in [0.1, 0.15) is 55.4 Å². The van der Waals surface area contributed by atoms with Gasteiger partial charge in [0, 0.05) is 0 Å². The molecule has 0 amide bonds. The van der Waals surface area contributed by atoms with E-state index in [1.807, 2.05) is 27.7 Å². The van der Waals surface area contributed by atoms with Gasteiger partial charge in [-0.25, -0.2) is 0 Å². The average Bonchev–Trinajstić information content (AvgIpc) is 3.37. The lowest BCUT2D eigenvalue weighted by Crippen LogP contribution is -2.55. The first-order valence-corrected chi connectivity index (χ1v) is 11.3. The van der Waals surface area contributed by atoms with Gasteiger partial charge in [-0.15, -0.1) is 0 Å². The van der Waals surface area contributed by atoms with E-state index in [4.69, 9.17) is 37.9 Å². The molecule has 4 heterocycles. The second-order valence-corrected chi connectivity index (χ2v) is 10.8. The number of hydrogen-bond acceptors (Lipinski definition) is 10. The van der Waals surface area contributed by atoms with Gasteiger partial charge in [0.1, 0.15) is 48.8 Å². The van der Waals surface area contributed by atoms with Crippen LogP contribution in [-0.2, 0) is 37.9 Å². The zero-order valence-electron chi connectivity index (χ0n) is 20.2. The molecule has 4 aliphatic rings. The minimum absolute atomic E-state index is 0.289. The van der Waals surface area contributed by atoms with Crippen LogP contribution in [0.25, 0.3) is 0 Å². The zero-order valence-corrected chi connectivity index (χ0v) is 20.2. The van der Waals surface area contributed by atoms with E-state index in [2.05, 4.69) is 0 Å². The lowest BCUT2D eigenvalue weighted by Gasteiger charge is -2.33. The third-order valence-electron chi connectivity index (χ3n) is 6.14. The van der Waals surface area contributed by atoms with Crippen molar-refractivity contribution in [1.82, 2.24) is 0 Å². The highest BCUT2D eigenvalue weighted by Crippen LogP contribution is 2.41. The summed E-state index contributed by atoms with van der Waals surface area (Å²) in [4.78, 5) is 0. The summed E-state index contributed by atoms with van der Waals surface area (Å²) in [7, 11) is 0. The Morgan fingerprint density at radius 3 is 1.16 bits per heavy atom. The molecule has 4 saturated heterocycles. The summed E-state index contributed by atoms with van der Waals surface area (Å²) in [6.07, 6.45) is -6.62. The predicted molar refractivity (Wildman–Crippen MR) is 109 cm³/mol. The van der Waals surface area contributed by atoms with Gasteiger partial charge in [-0.05, 0) is 55.4 Å². The molecule has 0 saturated carbocycles. The number of ether oxygens (including phenoxy) is 8. The fourth-order valence-electron chi connectivity index (χ4n) is 4.88. The van der Waals surface area contributed by atoms with E-state index in [0.29, 0.717) is 0 Å². The SMILES string of the molecule is CC1(C)O[C@H]([C@H](O)[C@@H](O)[C@H]2OC(C)(C)O[C@@H]2[C@H]2COC(C)(C)O2)[C@@H]([C@H]2COC(C)(C)O2)O1. The second-order valence-electron chi connectivity index (χ2n) is 10.8. The Morgan fingerprint density at radius 2 is 0.875 bits per heavy atom. The first-order chi connectivity index (χ1) is 14.6. The van der Waals surface area contributed by atoms with Gasteiger partial charge in [0.2, 0.25) is 0 Å². The largest absolute Gasteiger partial charge is 0.387 e. The van der Waals surface area contributed by atoms with Gasteiger partial charge in [-0.3, -0.25) is 0 Å². The molecule has 0 aliphatic carbocycles. The Labute approximate surface area is 189 Å². The van der Waals surface area contributed by atoms with Gasteiger partial charge >= 0.3 is 0 Å². The summed E-state index contributed by atoms with van der Waals surface area (Å²) in [5.41, 5.74) is 0. The molecule has 186 valence electrons. The number of aliphatic hydroxyl groups excluding tert-OH is 2. The monoisotopic (exact) mass is 462 g/mol. The van der Waals surface area contributed by atoms with Gasteiger partial charge in [0.05, 0.1) is 13.2 Å². The fraction of sp³-hybridized carbons (Fsp3) is 1.00. The Bertz CT molecular complexity index is 634. The summed E-state index contributed by atoms with van der Waals surface area (Å²) in [6.45, 7) is 14.9. The smallest absolute Gasteiger partial charge is 0.164 e. The molecule has 4 aliphatic heterocycles. The molecule has 0 unspecified atom stereocenters.